The molecular weight excluding hydrogens is 292 g/mol. The first-order valence-corrected chi connectivity index (χ1v) is 8.81. The summed E-state index contributed by atoms with van der Waals surface area (Å²) in [5.41, 5.74) is 1.45. The van der Waals surface area contributed by atoms with Crippen LogP contribution in [-0.2, 0) is 13.0 Å². The van der Waals surface area contributed by atoms with Crippen LogP contribution in [0.3, 0.4) is 0 Å². The van der Waals surface area contributed by atoms with Crippen molar-refractivity contribution in [3.8, 4) is 0 Å². The minimum Gasteiger partial charge on any atom is -0.347 e. The first-order valence-electron chi connectivity index (χ1n) is 8.81. The standard InChI is InChI=1S/C17H26N4O2/c1-3-12(2)18-16(22)15-19-14(13-8-4-5-11-21(13)15)17(23)20-9-6-7-10-20/h12H,3-11H2,1-2H3,(H,18,22). The first kappa shape index (κ1) is 16.0. The minimum atomic E-state index is -0.164. The zero-order valence-electron chi connectivity index (χ0n) is 14.1. The topological polar surface area (TPSA) is 67.2 Å². The number of amides is 2. The van der Waals surface area contributed by atoms with Gasteiger partial charge in [-0.25, -0.2) is 4.98 Å². The normalized spacial score (nSPS) is 18.6. The zero-order valence-corrected chi connectivity index (χ0v) is 14.1. The van der Waals surface area contributed by atoms with Gasteiger partial charge in [0.15, 0.2) is 5.82 Å². The molecule has 1 aromatic heterocycles. The Morgan fingerprint density at radius 2 is 1.87 bits per heavy atom. The van der Waals surface area contributed by atoms with Gasteiger partial charge in [0.2, 0.25) is 0 Å². The van der Waals surface area contributed by atoms with Crippen LogP contribution in [0, 0.1) is 0 Å². The fourth-order valence-corrected chi connectivity index (χ4v) is 3.35. The van der Waals surface area contributed by atoms with E-state index >= 15 is 0 Å². The largest absolute Gasteiger partial charge is 0.347 e. The van der Waals surface area contributed by atoms with Gasteiger partial charge in [0.1, 0.15) is 5.69 Å². The molecule has 3 heterocycles. The molecule has 2 aliphatic heterocycles. The van der Waals surface area contributed by atoms with Crippen molar-refractivity contribution in [2.75, 3.05) is 13.1 Å². The fourth-order valence-electron chi connectivity index (χ4n) is 3.35. The van der Waals surface area contributed by atoms with Gasteiger partial charge in [0, 0.05) is 25.7 Å². The molecule has 1 fully saturated rings. The highest BCUT2D eigenvalue weighted by Gasteiger charge is 2.30. The van der Waals surface area contributed by atoms with E-state index in [-0.39, 0.29) is 17.9 Å². The number of carbonyl (C=O) groups excluding carboxylic acids is 2. The van der Waals surface area contributed by atoms with E-state index in [2.05, 4.69) is 10.3 Å². The molecule has 1 N–H and O–H groups in total. The van der Waals surface area contributed by atoms with Crippen LogP contribution in [0.25, 0.3) is 0 Å². The highest BCUT2D eigenvalue weighted by molar-refractivity contribution is 5.97. The van der Waals surface area contributed by atoms with E-state index in [9.17, 15) is 9.59 Å². The summed E-state index contributed by atoms with van der Waals surface area (Å²) in [7, 11) is 0. The molecule has 1 aromatic rings. The summed E-state index contributed by atoms with van der Waals surface area (Å²) < 4.78 is 1.96. The maximum Gasteiger partial charge on any atom is 0.287 e. The number of nitrogens with zero attached hydrogens (tertiary/aromatic N) is 3. The van der Waals surface area contributed by atoms with Gasteiger partial charge in [0.05, 0.1) is 5.69 Å². The van der Waals surface area contributed by atoms with E-state index in [4.69, 9.17) is 0 Å². The van der Waals surface area contributed by atoms with Crippen molar-refractivity contribution in [3.63, 3.8) is 0 Å². The summed E-state index contributed by atoms with van der Waals surface area (Å²) in [6.45, 7) is 6.40. The van der Waals surface area contributed by atoms with Crippen LogP contribution in [-0.4, -0.2) is 45.4 Å². The van der Waals surface area contributed by atoms with Crippen molar-refractivity contribution >= 4 is 11.8 Å². The average molecular weight is 318 g/mol. The van der Waals surface area contributed by atoms with E-state index in [0.29, 0.717) is 11.5 Å². The highest BCUT2D eigenvalue weighted by atomic mass is 16.2. The lowest BCUT2D eigenvalue weighted by atomic mass is 10.1. The minimum absolute atomic E-state index is 0.00394. The lowest BCUT2D eigenvalue weighted by Crippen LogP contribution is -2.34. The monoisotopic (exact) mass is 318 g/mol. The average Bonchev–Trinajstić information content (AvgIpc) is 3.22. The molecule has 1 unspecified atom stereocenters. The molecule has 0 bridgehead atoms. The Bertz CT molecular complexity index is 602. The van der Waals surface area contributed by atoms with Gasteiger partial charge in [0.25, 0.3) is 11.8 Å². The van der Waals surface area contributed by atoms with Gasteiger partial charge < -0.3 is 14.8 Å². The summed E-state index contributed by atoms with van der Waals surface area (Å²) in [5, 5.41) is 2.97. The molecule has 126 valence electrons. The Labute approximate surface area is 137 Å². The molecular formula is C17H26N4O2. The van der Waals surface area contributed by atoms with Gasteiger partial charge >= 0.3 is 0 Å². The van der Waals surface area contributed by atoms with Crippen LogP contribution in [0.2, 0.25) is 0 Å². The Morgan fingerprint density at radius 3 is 2.57 bits per heavy atom. The molecule has 0 radical (unpaired) electrons. The third-order valence-electron chi connectivity index (χ3n) is 4.91. The zero-order chi connectivity index (χ0) is 16.4. The van der Waals surface area contributed by atoms with Gasteiger partial charge in [-0.2, -0.15) is 0 Å². The predicted octanol–water partition coefficient (Wildman–Crippen LogP) is 1.98. The maximum absolute atomic E-state index is 12.8. The van der Waals surface area contributed by atoms with Crippen molar-refractivity contribution < 1.29 is 9.59 Å². The maximum atomic E-state index is 12.8. The molecule has 23 heavy (non-hydrogen) atoms. The van der Waals surface area contributed by atoms with Crippen LogP contribution in [0.15, 0.2) is 0 Å². The molecule has 3 rings (SSSR count). The van der Waals surface area contributed by atoms with Gasteiger partial charge in [-0.05, 0) is 45.4 Å². The highest BCUT2D eigenvalue weighted by Crippen LogP contribution is 2.23. The van der Waals surface area contributed by atoms with E-state index in [0.717, 1.165) is 63.9 Å². The number of rotatable bonds is 4. The molecule has 0 saturated carbocycles. The van der Waals surface area contributed by atoms with Crippen LogP contribution >= 0.6 is 0 Å². The predicted molar refractivity (Wildman–Crippen MR) is 87.5 cm³/mol. The van der Waals surface area contributed by atoms with E-state index in [1.165, 1.54) is 0 Å². The Balaban J connectivity index is 1.91. The second kappa shape index (κ2) is 6.72. The van der Waals surface area contributed by atoms with Crippen LogP contribution in [0.4, 0.5) is 0 Å². The molecule has 1 saturated heterocycles. The summed E-state index contributed by atoms with van der Waals surface area (Å²) in [4.78, 5) is 31.6. The van der Waals surface area contributed by atoms with Crippen molar-refractivity contribution in [1.29, 1.82) is 0 Å². The van der Waals surface area contributed by atoms with Crippen molar-refractivity contribution in [1.82, 2.24) is 19.8 Å². The number of aromatic nitrogens is 2. The van der Waals surface area contributed by atoms with E-state index < -0.39 is 0 Å². The third kappa shape index (κ3) is 3.12. The number of fused-ring (bicyclic) bond motifs is 1. The first-order chi connectivity index (χ1) is 11.1. The lowest BCUT2D eigenvalue weighted by molar-refractivity contribution is 0.0786. The molecule has 2 amide bonds. The summed E-state index contributed by atoms with van der Waals surface area (Å²) >= 11 is 0. The number of nitrogens with one attached hydrogen (secondary N) is 1. The summed E-state index contributed by atoms with van der Waals surface area (Å²) in [6, 6.07) is 0.108. The molecule has 0 aliphatic carbocycles. The Morgan fingerprint density at radius 1 is 1.17 bits per heavy atom. The van der Waals surface area contributed by atoms with E-state index in [1.54, 1.807) is 0 Å². The molecule has 0 aromatic carbocycles. The third-order valence-corrected chi connectivity index (χ3v) is 4.91. The van der Waals surface area contributed by atoms with Crippen molar-refractivity contribution in [2.45, 2.75) is 65.0 Å². The van der Waals surface area contributed by atoms with Crippen molar-refractivity contribution in [2.24, 2.45) is 0 Å². The smallest absolute Gasteiger partial charge is 0.287 e. The summed E-state index contributed by atoms with van der Waals surface area (Å²) in [5.74, 6) is 0.237. The molecule has 2 aliphatic rings. The number of hydrogen-bond acceptors (Lipinski definition) is 3. The van der Waals surface area contributed by atoms with Crippen molar-refractivity contribution in [3.05, 3.63) is 17.2 Å². The Kier molecular flexibility index (Phi) is 4.68. The van der Waals surface area contributed by atoms with Gasteiger partial charge in [-0.15, -0.1) is 0 Å². The number of likely N-dealkylation sites (tertiary alicyclic amines) is 1. The lowest BCUT2D eigenvalue weighted by Gasteiger charge is -2.19. The molecule has 6 nitrogen and oxygen atoms in total. The Hall–Kier alpha value is -1.85. The fraction of sp³-hybridized carbons (Fsp3) is 0.706. The summed E-state index contributed by atoms with van der Waals surface area (Å²) in [6.07, 6.45) is 5.91. The SMILES string of the molecule is CCC(C)NC(=O)c1nc(C(=O)N2CCCC2)c2n1CCCC2. The quantitative estimate of drug-likeness (QED) is 0.923. The van der Waals surface area contributed by atoms with Crippen LogP contribution in [0.5, 0.6) is 0 Å². The van der Waals surface area contributed by atoms with E-state index in [1.807, 2.05) is 23.3 Å². The number of imidazole rings is 1. The van der Waals surface area contributed by atoms with Gasteiger partial charge in [-0.1, -0.05) is 6.92 Å². The molecule has 0 spiro atoms. The second-order valence-corrected chi connectivity index (χ2v) is 6.62. The van der Waals surface area contributed by atoms with Crippen LogP contribution < -0.4 is 5.32 Å². The van der Waals surface area contributed by atoms with Gasteiger partial charge in [-0.3, -0.25) is 9.59 Å². The molecule has 6 heteroatoms. The second-order valence-electron chi connectivity index (χ2n) is 6.62. The number of carbonyl (C=O) groups is 2. The van der Waals surface area contributed by atoms with Crippen LogP contribution in [0.1, 0.15) is 72.8 Å². The number of hydrogen-bond donors (Lipinski definition) is 1. The molecule has 1 atom stereocenters.